The summed E-state index contributed by atoms with van der Waals surface area (Å²) in [5, 5.41) is 5.67. The van der Waals surface area contributed by atoms with Gasteiger partial charge in [0.25, 0.3) is 5.91 Å². The summed E-state index contributed by atoms with van der Waals surface area (Å²) in [6.45, 7) is 3.82. The first-order valence-electron chi connectivity index (χ1n) is 9.85. The molecule has 0 radical (unpaired) electrons. The van der Waals surface area contributed by atoms with Crippen LogP contribution in [0.15, 0.2) is 59.2 Å². The van der Waals surface area contributed by atoms with Crippen LogP contribution in [-0.4, -0.2) is 51.7 Å². The lowest BCUT2D eigenvalue weighted by Gasteiger charge is -2.34. The highest BCUT2D eigenvalue weighted by molar-refractivity contribution is 9.10. The lowest BCUT2D eigenvalue weighted by Crippen LogP contribution is -2.48. The minimum atomic E-state index is -0.0634. The highest BCUT2D eigenvalue weighted by Crippen LogP contribution is 2.23. The molecule has 0 atom stereocenters. The highest BCUT2D eigenvalue weighted by atomic mass is 79.9. The van der Waals surface area contributed by atoms with Crippen LogP contribution in [0.5, 0.6) is 5.75 Å². The summed E-state index contributed by atoms with van der Waals surface area (Å²) in [5.41, 5.74) is 1.46. The lowest BCUT2D eigenvalue weighted by atomic mass is 10.2. The lowest BCUT2D eigenvalue weighted by molar-refractivity contribution is 0.0621. The van der Waals surface area contributed by atoms with E-state index in [-0.39, 0.29) is 12.6 Å². The van der Waals surface area contributed by atoms with Crippen molar-refractivity contribution in [2.24, 2.45) is 0 Å². The number of hydrogen-bond donors (Lipinski definition) is 0. The Balaban J connectivity index is 1.28. The average molecular weight is 524 g/mol. The Morgan fingerprint density at radius 1 is 1.03 bits per heavy atom. The molecule has 3 aromatic rings. The number of rotatable bonds is 6. The summed E-state index contributed by atoms with van der Waals surface area (Å²) in [4.78, 5) is 16.9. The molecule has 1 saturated heterocycles. The molecule has 6 nitrogen and oxygen atoms in total. The summed E-state index contributed by atoms with van der Waals surface area (Å²) >= 11 is 15.6. The fourth-order valence-electron chi connectivity index (χ4n) is 3.38. The molecule has 0 bridgehead atoms. The van der Waals surface area contributed by atoms with Gasteiger partial charge in [-0.3, -0.25) is 9.69 Å². The summed E-state index contributed by atoms with van der Waals surface area (Å²) in [6.07, 6.45) is 1.75. The fourth-order valence-corrected chi connectivity index (χ4v) is 4.11. The van der Waals surface area contributed by atoms with Gasteiger partial charge in [0.1, 0.15) is 5.75 Å². The molecule has 0 unspecified atom stereocenters. The molecule has 0 aliphatic carbocycles. The molecule has 9 heteroatoms. The van der Waals surface area contributed by atoms with Crippen molar-refractivity contribution in [3.8, 4) is 5.75 Å². The van der Waals surface area contributed by atoms with Gasteiger partial charge in [-0.25, -0.2) is 4.68 Å². The first kappa shape index (κ1) is 22.1. The predicted octanol–water partition coefficient (Wildman–Crippen LogP) is 4.95. The number of benzene rings is 2. The summed E-state index contributed by atoms with van der Waals surface area (Å²) in [5.74, 6) is 0.676. The maximum atomic E-state index is 12.8. The molecular formula is C22H21BrCl2N4O2. The van der Waals surface area contributed by atoms with Crippen LogP contribution in [0.25, 0.3) is 0 Å². The quantitative estimate of drug-likeness (QED) is 0.459. The maximum absolute atomic E-state index is 12.8. The van der Waals surface area contributed by atoms with Crippen LogP contribution in [0, 0.1) is 0 Å². The van der Waals surface area contributed by atoms with Gasteiger partial charge in [-0.2, -0.15) is 5.10 Å². The zero-order chi connectivity index (χ0) is 21.8. The molecule has 1 amide bonds. The fraction of sp³-hybridized carbons (Fsp3) is 0.273. The van der Waals surface area contributed by atoms with E-state index >= 15 is 0 Å². The van der Waals surface area contributed by atoms with Crippen molar-refractivity contribution in [3.05, 3.63) is 80.5 Å². The highest BCUT2D eigenvalue weighted by Gasteiger charge is 2.24. The summed E-state index contributed by atoms with van der Waals surface area (Å²) < 4.78 is 8.31. The Bertz CT molecular complexity index is 1050. The van der Waals surface area contributed by atoms with Gasteiger partial charge >= 0.3 is 0 Å². The molecule has 162 valence electrons. The van der Waals surface area contributed by atoms with E-state index in [4.69, 9.17) is 27.9 Å². The minimum absolute atomic E-state index is 0.0634. The van der Waals surface area contributed by atoms with Crippen LogP contribution >= 0.6 is 39.1 Å². The van der Waals surface area contributed by atoms with E-state index in [1.165, 1.54) is 0 Å². The number of carbonyl (C=O) groups excluding carboxylic acids is 1. The smallest absolute Gasteiger partial charge is 0.274 e. The normalized spacial score (nSPS) is 14.6. The number of aromatic nitrogens is 2. The standard InChI is InChI=1S/C22H21BrCl2N4O2/c23-17-2-5-19(6-3-17)31-15-29-8-7-21(26-29)22(30)28-11-9-27(10-12-28)14-16-1-4-18(24)13-20(16)25/h1-8,13H,9-12,14-15H2. The third-order valence-electron chi connectivity index (χ3n) is 5.11. The van der Waals surface area contributed by atoms with Crippen molar-refractivity contribution in [3.63, 3.8) is 0 Å². The van der Waals surface area contributed by atoms with E-state index in [1.807, 2.05) is 41.3 Å². The third-order valence-corrected chi connectivity index (χ3v) is 6.22. The van der Waals surface area contributed by atoms with Crippen LogP contribution in [0.3, 0.4) is 0 Å². The molecule has 1 aromatic heterocycles. The minimum Gasteiger partial charge on any atom is -0.471 e. The molecule has 1 aliphatic rings. The molecular weight excluding hydrogens is 503 g/mol. The Labute approximate surface area is 199 Å². The van der Waals surface area contributed by atoms with E-state index in [2.05, 4.69) is 25.9 Å². The molecule has 0 spiro atoms. The molecule has 1 fully saturated rings. The number of hydrogen-bond acceptors (Lipinski definition) is 4. The Morgan fingerprint density at radius 2 is 1.77 bits per heavy atom. The molecule has 0 saturated carbocycles. The summed E-state index contributed by atoms with van der Waals surface area (Å²) in [6, 6.07) is 14.8. The Morgan fingerprint density at radius 3 is 2.48 bits per heavy atom. The van der Waals surface area contributed by atoms with E-state index in [0.29, 0.717) is 28.8 Å². The number of amides is 1. The number of halogens is 3. The van der Waals surface area contributed by atoms with Gasteiger partial charge in [0, 0.05) is 53.4 Å². The Hall–Kier alpha value is -2.06. The van der Waals surface area contributed by atoms with Crippen LogP contribution in [0.4, 0.5) is 0 Å². The molecule has 1 aliphatic heterocycles. The second-order valence-corrected chi connectivity index (χ2v) is 9.03. The first-order chi connectivity index (χ1) is 15.0. The van der Waals surface area contributed by atoms with E-state index in [1.54, 1.807) is 23.0 Å². The summed E-state index contributed by atoms with van der Waals surface area (Å²) in [7, 11) is 0. The molecule has 2 aromatic carbocycles. The van der Waals surface area contributed by atoms with Gasteiger partial charge in [0.15, 0.2) is 12.4 Å². The van der Waals surface area contributed by atoms with Crippen molar-refractivity contribution in [2.45, 2.75) is 13.3 Å². The van der Waals surface area contributed by atoms with Crippen molar-refractivity contribution in [2.75, 3.05) is 26.2 Å². The van der Waals surface area contributed by atoms with Crippen molar-refractivity contribution in [1.82, 2.24) is 19.6 Å². The second kappa shape index (κ2) is 10.0. The zero-order valence-electron chi connectivity index (χ0n) is 16.7. The topological polar surface area (TPSA) is 50.6 Å². The number of piperazine rings is 1. The van der Waals surface area contributed by atoms with Gasteiger partial charge < -0.3 is 9.64 Å². The van der Waals surface area contributed by atoms with Crippen LogP contribution in [-0.2, 0) is 13.3 Å². The Kier molecular flexibility index (Phi) is 7.17. The number of ether oxygens (including phenoxy) is 1. The van der Waals surface area contributed by atoms with Crippen LogP contribution in [0.1, 0.15) is 16.1 Å². The molecule has 2 heterocycles. The molecule has 0 N–H and O–H groups in total. The van der Waals surface area contributed by atoms with Crippen molar-refractivity contribution < 1.29 is 9.53 Å². The largest absolute Gasteiger partial charge is 0.471 e. The van der Waals surface area contributed by atoms with Crippen LogP contribution < -0.4 is 4.74 Å². The van der Waals surface area contributed by atoms with Gasteiger partial charge in [0.05, 0.1) is 0 Å². The van der Waals surface area contributed by atoms with Gasteiger partial charge in [-0.1, -0.05) is 45.2 Å². The van der Waals surface area contributed by atoms with Crippen molar-refractivity contribution >= 4 is 45.0 Å². The van der Waals surface area contributed by atoms with Gasteiger partial charge in [-0.15, -0.1) is 0 Å². The molecule has 4 rings (SSSR count). The predicted molar refractivity (Wildman–Crippen MR) is 125 cm³/mol. The number of carbonyl (C=O) groups is 1. The average Bonchev–Trinajstić information content (AvgIpc) is 3.24. The second-order valence-electron chi connectivity index (χ2n) is 7.27. The van der Waals surface area contributed by atoms with Crippen LogP contribution in [0.2, 0.25) is 10.0 Å². The third kappa shape index (κ3) is 5.80. The maximum Gasteiger partial charge on any atom is 0.274 e. The first-order valence-corrected chi connectivity index (χ1v) is 11.4. The van der Waals surface area contributed by atoms with E-state index in [9.17, 15) is 4.79 Å². The number of nitrogens with zero attached hydrogens (tertiary/aromatic N) is 4. The van der Waals surface area contributed by atoms with E-state index in [0.717, 1.165) is 35.4 Å². The zero-order valence-corrected chi connectivity index (χ0v) is 19.8. The van der Waals surface area contributed by atoms with Gasteiger partial charge in [-0.05, 0) is 48.0 Å². The SMILES string of the molecule is O=C(c1ccn(COc2ccc(Br)cc2)n1)N1CCN(Cc2ccc(Cl)cc2Cl)CC1. The van der Waals surface area contributed by atoms with Gasteiger partial charge in [0.2, 0.25) is 0 Å². The van der Waals surface area contributed by atoms with E-state index < -0.39 is 0 Å². The molecule has 31 heavy (non-hydrogen) atoms. The van der Waals surface area contributed by atoms with Crippen molar-refractivity contribution in [1.29, 1.82) is 0 Å². The monoisotopic (exact) mass is 522 g/mol.